The van der Waals surface area contributed by atoms with Crippen molar-refractivity contribution in [3.8, 4) is 0 Å². The summed E-state index contributed by atoms with van der Waals surface area (Å²) in [5.74, 6) is 1.21. The number of rotatable bonds is 4. The van der Waals surface area contributed by atoms with Crippen molar-refractivity contribution in [1.29, 1.82) is 0 Å². The number of hydrogen-bond donors (Lipinski definition) is 1. The van der Waals surface area contributed by atoms with Gasteiger partial charge in [-0.2, -0.15) is 0 Å². The van der Waals surface area contributed by atoms with Crippen LogP contribution in [-0.4, -0.2) is 37.2 Å². The zero-order chi connectivity index (χ0) is 13.8. The Hall–Kier alpha value is -0.220. The van der Waals surface area contributed by atoms with Crippen molar-refractivity contribution in [1.82, 2.24) is 5.32 Å². The molecule has 2 rings (SSSR count). The van der Waals surface area contributed by atoms with Crippen LogP contribution in [0.3, 0.4) is 0 Å². The molecule has 0 atom stereocenters. The van der Waals surface area contributed by atoms with Gasteiger partial charge in [0.2, 0.25) is 0 Å². The van der Waals surface area contributed by atoms with Gasteiger partial charge in [0.25, 0.3) is 0 Å². The number of thioether (sulfide) groups is 1. The van der Waals surface area contributed by atoms with Gasteiger partial charge in [0.05, 0.1) is 0 Å². The summed E-state index contributed by atoms with van der Waals surface area (Å²) in [5.41, 5.74) is 0.823. The predicted octanol–water partition coefficient (Wildman–Crippen LogP) is 3.30. The highest BCUT2D eigenvalue weighted by Crippen LogP contribution is 2.35. The van der Waals surface area contributed by atoms with Crippen LogP contribution in [0.2, 0.25) is 0 Å². The molecule has 0 radical (unpaired) electrons. The Morgan fingerprint density at radius 3 is 2.47 bits per heavy atom. The van der Waals surface area contributed by atoms with Gasteiger partial charge in [0.1, 0.15) is 0 Å². The summed E-state index contributed by atoms with van der Waals surface area (Å²) in [7, 11) is 0. The Balaban J connectivity index is 1.83. The van der Waals surface area contributed by atoms with Gasteiger partial charge in [0.15, 0.2) is 5.17 Å². The fourth-order valence-electron chi connectivity index (χ4n) is 2.67. The minimum Gasteiger partial charge on any atom is -0.381 e. The fraction of sp³-hybridized carbons (Fsp3) is 0.933. The summed E-state index contributed by atoms with van der Waals surface area (Å²) in [6.45, 7) is 10.8. The molecule has 0 saturated carbocycles. The van der Waals surface area contributed by atoms with Gasteiger partial charge in [-0.25, -0.2) is 0 Å². The molecule has 0 aromatic rings. The van der Waals surface area contributed by atoms with E-state index < -0.39 is 0 Å². The van der Waals surface area contributed by atoms with Gasteiger partial charge >= 0.3 is 0 Å². The van der Waals surface area contributed by atoms with Crippen LogP contribution in [0.25, 0.3) is 0 Å². The van der Waals surface area contributed by atoms with Gasteiger partial charge < -0.3 is 10.1 Å². The van der Waals surface area contributed by atoms with Gasteiger partial charge in [-0.15, -0.1) is 0 Å². The standard InChI is InChI=1S/C15H28N2OS/c1-4-15(5-2)11-17-13(19-12-15)16-10-14(3)6-8-18-9-7-14/h4-12H2,1-3H3,(H,16,17). The van der Waals surface area contributed by atoms with Gasteiger partial charge in [0, 0.05) is 32.1 Å². The molecule has 0 aromatic carbocycles. The zero-order valence-electron chi connectivity index (χ0n) is 12.6. The third-order valence-corrected chi connectivity index (χ3v) is 6.24. The Bertz CT molecular complexity index is 320. The maximum Gasteiger partial charge on any atom is 0.156 e. The molecular weight excluding hydrogens is 256 g/mol. The molecule has 2 aliphatic heterocycles. The van der Waals surface area contributed by atoms with E-state index in [1.165, 1.54) is 18.6 Å². The van der Waals surface area contributed by atoms with Gasteiger partial charge in [-0.05, 0) is 36.5 Å². The Morgan fingerprint density at radius 2 is 1.95 bits per heavy atom. The van der Waals surface area contributed by atoms with Crippen LogP contribution in [0.5, 0.6) is 0 Å². The van der Waals surface area contributed by atoms with Crippen molar-refractivity contribution in [3.05, 3.63) is 0 Å². The number of nitrogens with one attached hydrogen (secondary N) is 1. The van der Waals surface area contributed by atoms with Crippen molar-refractivity contribution in [3.63, 3.8) is 0 Å². The lowest BCUT2D eigenvalue weighted by Gasteiger charge is -2.36. The molecule has 1 fully saturated rings. The average molecular weight is 284 g/mol. The van der Waals surface area contributed by atoms with E-state index in [1.54, 1.807) is 0 Å². The summed E-state index contributed by atoms with van der Waals surface area (Å²) in [6, 6.07) is 0. The highest BCUT2D eigenvalue weighted by Gasteiger charge is 2.31. The highest BCUT2D eigenvalue weighted by molar-refractivity contribution is 8.13. The normalized spacial score (nSPS) is 25.7. The lowest BCUT2D eigenvalue weighted by molar-refractivity contribution is 0.0262. The van der Waals surface area contributed by atoms with E-state index in [4.69, 9.17) is 9.73 Å². The van der Waals surface area contributed by atoms with Crippen molar-refractivity contribution in [2.45, 2.75) is 46.5 Å². The molecular formula is C15H28N2OS. The van der Waals surface area contributed by atoms with Crippen molar-refractivity contribution < 1.29 is 4.74 Å². The number of nitrogens with zero attached hydrogens (tertiary/aromatic N) is 1. The minimum atomic E-state index is 0.380. The van der Waals surface area contributed by atoms with Crippen LogP contribution >= 0.6 is 11.8 Å². The van der Waals surface area contributed by atoms with Crippen LogP contribution in [-0.2, 0) is 4.74 Å². The summed E-state index contributed by atoms with van der Waals surface area (Å²) < 4.78 is 5.45. The van der Waals surface area contributed by atoms with Crippen molar-refractivity contribution >= 4 is 16.9 Å². The van der Waals surface area contributed by atoms with E-state index in [2.05, 4.69) is 26.1 Å². The van der Waals surface area contributed by atoms with Gasteiger partial charge in [-0.3, -0.25) is 4.99 Å². The molecule has 0 spiro atoms. The second kappa shape index (κ2) is 6.49. The van der Waals surface area contributed by atoms with E-state index in [9.17, 15) is 0 Å². The molecule has 4 heteroatoms. The maximum atomic E-state index is 5.45. The van der Waals surface area contributed by atoms with E-state index >= 15 is 0 Å². The first-order valence-electron chi connectivity index (χ1n) is 7.60. The monoisotopic (exact) mass is 284 g/mol. The zero-order valence-corrected chi connectivity index (χ0v) is 13.4. The summed E-state index contributed by atoms with van der Waals surface area (Å²) in [5, 5.41) is 4.73. The first-order valence-corrected chi connectivity index (χ1v) is 8.59. The number of hydrogen-bond acceptors (Lipinski definition) is 4. The summed E-state index contributed by atoms with van der Waals surface area (Å²) in [4.78, 5) is 4.78. The van der Waals surface area contributed by atoms with Crippen molar-refractivity contribution in [2.75, 3.05) is 32.1 Å². The first-order chi connectivity index (χ1) is 9.11. The molecule has 0 unspecified atom stereocenters. The van der Waals surface area contributed by atoms with Crippen LogP contribution in [0, 0.1) is 10.8 Å². The largest absolute Gasteiger partial charge is 0.381 e. The average Bonchev–Trinajstić information content (AvgIpc) is 2.47. The molecule has 0 bridgehead atoms. The highest BCUT2D eigenvalue weighted by atomic mass is 32.2. The maximum absolute atomic E-state index is 5.45. The third kappa shape index (κ3) is 3.88. The summed E-state index contributed by atoms with van der Waals surface area (Å²) in [6.07, 6.45) is 4.79. The quantitative estimate of drug-likeness (QED) is 0.860. The second-order valence-electron chi connectivity index (χ2n) is 6.39. The van der Waals surface area contributed by atoms with Crippen LogP contribution < -0.4 is 5.32 Å². The molecule has 0 aliphatic carbocycles. The number of aliphatic imine (C=N–C) groups is 1. The van der Waals surface area contributed by atoms with E-state index in [0.717, 1.165) is 44.3 Å². The topological polar surface area (TPSA) is 33.6 Å². The van der Waals surface area contributed by atoms with Crippen LogP contribution in [0.1, 0.15) is 46.5 Å². The molecule has 2 aliphatic rings. The summed E-state index contributed by atoms with van der Waals surface area (Å²) >= 11 is 1.91. The minimum absolute atomic E-state index is 0.380. The second-order valence-corrected chi connectivity index (χ2v) is 7.36. The Morgan fingerprint density at radius 1 is 1.26 bits per heavy atom. The van der Waals surface area contributed by atoms with E-state index in [-0.39, 0.29) is 0 Å². The number of amidine groups is 1. The molecule has 3 nitrogen and oxygen atoms in total. The van der Waals surface area contributed by atoms with E-state index in [1.807, 2.05) is 11.8 Å². The SMILES string of the molecule is CCC1(CC)CN=C(NCC2(C)CCOCC2)SC1. The van der Waals surface area contributed by atoms with Gasteiger partial charge in [-0.1, -0.05) is 32.5 Å². The Labute approximate surface area is 122 Å². The number of ether oxygens (including phenoxy) is 1. The van der Waals surface area contributed by atoms with E-state index in [0.29, 0.717) is 10.8 Å². The third-order valence-electron chi connectivity index (χ3n) is 4.94. The lowest BCUT2D eigenvalue weighted by Crippen LogP contribution is -2.41. The Kier molecular flexibility index (Phi) is 5.18. The van der Waals surface area contributed by atoms with Crippen LogP contribution in [0.15, 0.2) is 4.99 Å². The van der Waals surface area contributed by atoms with Crippen LogP contribution in [0.4, 0.5) is 0 Å². The molecule has 1 N–H and O–H groups in total. The molecule has 0 amide bonds. The predicted molar refractivity (Wildman–Crippen MR) is 83.9 cm³/mol. The fourth-order valence-corrected chi connectivity index (χ4v) is 3.94. The first kappa shape index (κ1) is 15.2. The smallest absolute Gasteiger partial charge is 0.156 e. The lowest BCUT2D eigenvalue weighted by atomic mass is 9.82. The molecule has 1 saturated heterocycles. The molecule has 0 aromatic heterocycles. The van der Waals surface area contributed by atoms with Crippen molar-refractivity contribution in [2.24, 2.45) is 15.8 Å². The molecule has 19 heavy (non-hydrogen) atoms. The molecule has 110 valence electrons. The molecule has 2 heterocycles.